The summed E-state index contributed by atoms with van der Waals surface area (Å²) in [5, 5.41) is 3.53. The summed E-state index contributed by atoms with van der Waals surface area (Å²) in [5.74, 6) is 0.819. The first-order valence-electron chi connectivity index (χ1n) is 6.12. The first kappa shape index (κ1) is 12.9. The summed E-state index contributed by atoms with van der Waals surface area (Å²) in [5.41, 5.74) is 5.97. The van der Waals surface area contributed by atoms with Gasteiger partial charge in [0.25, 0.3) is 0 Å². The number of hydrogen-bond acceptors (Lipinski definition) is 3. The van der Waals surface area contributed by atoms with E-state index in [1.54, 1.807) is 0 Å². The minimum Gasteiger partial charge on any atom is -0.381 e. The van der Waals surface area contributed by atoms with Crippen LogP contribution in [0.15, 0.2) is 0 Å². The second-order valence-corrected chi connectivity index (χ2v) is 5.38. The minimum absolute atomic E-state index is 0.280. The molecule has 0 unspecified atom stereocenters. The standard InChI is InChI=1S/C12H26N2O/c1-12(2,10-13)5-6-14-9-11-3-7-15-8-4-11/h11,14H,3-10,13H2,1-2H3. The Kier molecular flexibility index (Phi) is 5.58. The number of hydrogen-bond donors (Lipinski definition) is 2. The Balaban J connectivity index is 2.00. The third kappa shape index (κ3) is 5.50. The van der Waals surface area contributed by atoms with Crippen molar-refractivity contribution >= 4 is 0 Å². The molecule has 15 heavy (non-hydrogen) atoms. The lowest BCUT2D eigenvalue weighted by molar-refractivity contribution is 0.0661. The molecule has 90 valence electrons. The SMILES string of the molecule is CC(C)(CN)CCNCC1CCOCC1. The third-order valence-corrected chi connectivity index (χ3v) is 3.31. The summed E-state index contributed by atoms with van der Waals surface area (Å²) in [6.45, 7) is 9.34. The Morgan fingerprint density at radius 1 is 1.33 bits per heavy atom. The van der Waals surface area contributed by atoms with Crippen molar-refractivity contribution in [2.24, 2.45) is 17.1 Å². The zero-order valence-electron chi connectivity index (χ0n) is 10.2. The molecule has 1 heterocycles. The van der Waals surface area contributed by atoms with E-state index in [1.807, 2.05) is 0 Å². The van der Waals surface area contributed by atoms with Crippen LogP contribution in [0, 0.1) is 11.3 Å². The van der Waals surface area contributed by atoms with Gasteiger partial charge in [0, 0.05) is 13.2 Å². The van der Waals surface area contributed by atoms with Crippen LogP contribution in [-0.4, -0.2) is 32.8 Å². The monoisotopic (exact) mass is 214 g/mol. The maximum absolute atomic E-state index is 5.69. The molecule has 0 saturated carbocycles. The number of nitrogens with one attached hydrogen (secondary N) is 1. The van der Waals surface area contributed by atoms with Crippen molar-refractivity contribution in [3.63, 3.8) is 0 Å². The zero-order chi connectivity index (χ0) is 11.1. The molecular weight excluding hydrogens is 188 g/mol. The highest BCUT2D eigenvalue weighted by Crippen LogP contribution is 2.17. The molecule has 1 aliphatic rings. The molecular formula is C12H26N2O. The molecule has 0 amide bonds. The van der Waals surface area contributed by atoms with Gasteiger partial charge in [0.1, 0.15) is 0 Å². The van der Waals surface area contributed by atoms with Crippen molar-refractivity contribution in [2.45, 2.75) is 33.1 Å². The molecule has 0 aromatic carbocycles. The molecule has 0 bridgehead atoms. The van der Waals surface area contributed by atoms with E-state index in [1.165, 1.54) is 12.8 Å². The number of rotatable bonds is 6. The van der Waals surface area contributed by atoms with Crippen molar-refractivity contribution in [3.05, 3.63) is 0 Å². The fraction of sp³-hybridized carbons (Fsp3) is 1.00. The largest absolute Gasteiger partial charge is 0.381 e. The van der Waals surface area contributed by atoms with Crippen molar-refractivity contribution in [1.82, 2.24) is 5.32 Å². The maximum atomic E-state index is 5.69. The molecule has 0 aliphatic carbocycles. The first-order valence-corrected chi connectivity index (χ1v) is 6.12. The molecule has 0 spiro atoms. The predicted molar refractivity (Wildman–Crippen MR) is 63.9 cm³/mol. The van der Waals surface area contributed by atoms with Crippen LogP contribution in [-0.2, 0) is 4.74 Å². The van der Waals surface area contributed by atoms with E-state index in [0.717, 1.165) is 45.2 Å². The van der Waals surface area contributed by atoms with E-state index in [-0.39, 0.29) is 5.41 Å². The summed E-state index contributed by atoms with van der Waals surface area (Å²) < 4.78 is 5.33. The van der Waals surface area contributed by atoms with Gasteiger partial charge in [-0.15, -0.1) is 0 Å². The second kappa shape index (κ2) is 6.46. The lowest BCUT2D eigenvalue weighted by Gasteiger charge is -2.25. The van der Waals surface area contributed by atoms with E-state index in [2.05, 4.69) is 19.2 Å². The minimum atomic E-state index is 0.280. The van der Waals surface area contributed by atoms with Gasteiger partial charge >= 0.3 is 0 Å². The Morgan fingerprint density at radius 3 is 2.60 bits per heavy atom. The van der Waals surface area contributed by atoms with E-state index in [9.17, 15) is 0 Å². The molecule has 0 aromatic heterocycles. The Hall–Kier alpha value is -0.120. The van der Waals surface area contributed by atoms with Gasteiger partial charge in [-0.25, -0.2) is 0 Å². The number of nitrogens with two attached hydrogens (primary N) is 1. The number of ether oxygens (including phenoxy) is 1. The van der Waals surface area contributed by atoms with E-state index in [0.29, 0.717) is 0 Å². The van der Waals surface area contributed by atoms with Crippen LogP contribution in [0.3, 0.4) is 0 Å². The predicted octanol–water partition coefficient (Wildman–Crippen LogP) is 1.38. The fourth-order valence-corrected chi connectivity index (χ4v) is 1.79. The highest BCUT2D eigenvalue weighted by molar-refractivity contribution is 4.72. The first-order chi connectivity index (χ1) is 7.14. The van der Waals surface area contributed by atoms with Crippen molar-refractivity contribution in [2.75, 3.05) is 32.8 Å². The average molecular weight is 214 g/mol. The van der Waals surface area contributed by atoms with Gasteiger partial charge in [-0.1, -0.05) is 13.8 Å². The van der Waals surface area contributed by atoms with Gasteiger partial charge in [0.05, 0.1) is 0 Å². The quantitative estimate of drug-likeness (QED) is 0.657. The van der Waals surface area contributed by atoms with Crippen LogP contribution in [0.5, 0.6) is 0 Å². The van der Waals surface area contributed by atoms with E-state index in [4.69, 9.17) is 10.5 Å². The van der Waals surface area contributed by atoms with Gasteiger partial charge in [0.15, 0.2) is 0 Å². The van der Waals surface area contributed by atoms with E-state index < -0.39 is 0 Å². The van der Waals surface area contributed by atoms with Gasteiger partial charge in [0.2, 0.25) is 0 Å². The van der Waals surface area contributed by atoms with Crippen LogP contribution in [0.2, 0.25) is 0 Å². The Morgan fingerprint density at radius 2 is 2.00 bits per heavy atom. The summed E-state index contributed by atoms with van der Waals surface area (Å²) in [7, 11) is 0. The molecule has 0 atom stereocenters. The molecule has 1 rings (SSSR count). The van der Waals surface area contributed by atoms with Gasteiger partial charge in [-0.2, -0.15) is 0 Å². The molecule has 0 radical (unpaired) electrons. The van der Waals surface area contributed by atoms with Crippen molar-refractivity contribution in [1.29, 1.82) is 0 Å². The highest BCUT2D eigenvalue weighted by Gasteiger charge is 2.16. The topological polar surface area (TPSA) is 47.3 Å². The second-order valence-electron chi connectivity index (χ2n) is 5.38. The highest BCUT2D eigenvalue weighted by atomic mass is 16.5. The Bertz CT molecular complexity index is 165. The Labute approximate surface area is 93.8 Å². The van der Waals surface area contributed by atoms with Gasteiger partial charge in [-0.3, -0.25) is 0 Å². The lowest BCUT2D eigenvalue weighted by Crippen LogP contribution is -2.32. The van der Waals surface area contributed by atoms with Crippen LogP contribution in [0.25, 0.3) is 0 Å². The maximum Gasteiger partial charge on any atom is 0.0469 e. The molecule has 1 fully saturated rings. The smallest absolute Gasteiger partial charge is 0.0469 e. The lowest BCUT2D eigenvalue weighted by atomic mass is 9.89. The van der Waals surface area contributed by atoms with Crippen molar-refractivity contribution in [3.8, 4) is 0 Å². The van der Waals surface area contributed by atoms with E-state index >= 15 is 0 Å². The molecule has 3 nitrogen and oxygen atoms in total. The summed E-state index contributed by atoms with van der Waals surface area (Å²) in [4.78, 5) is 0. The summed E-state index contributed by atoms with van der Waals surface area (Å²) in [6.07, 6.45) is 3.59. The van der Waals surface area contributed by atoms with Crippen LogP contribution in [0.4, 0.5) is 0 Å². The molecule has 3 N–H and O–H groups in total. The zero-order valence-corrected chi connectivity index (χ0v) is 10.2. The molecule has 1 aliphatic heterocycles. The van der Waals surface area contributed by atoms with Crippen LogP contribution >= 0.6 is 0 Å². The molecule has 0 aromatic rings. The van der Waals surface area contributed by atoms with Gasteiger partial charge in [-0.05, 0) is 50.2 Å². The normalized spacial score (nSPS) is 19.4. The van der Waals surface area contributed by atoms with Crippen LogP contribution < -0.4 is 11.1 Å². The van der Waals surface area contributed by atoms with Crippen LogP contribution in [0.1, 0.15) is 33.1 Å². The summed E-state index contributed by atoms with van der Waals surface area (Å²) >= 11 is 0. The fourth-order valence-electron chi connectivity index (χ4n) is 1.79. The summed E-state index contributed by atoms with van der Waals surface area (Å²) in [6, 6.07) is 0. The average Bonchev–Trinajstić information content (AvgIpc) is 2.26. The van der Waals surface area contributed by atoms with Crippen molar-refractivity contribution < 1.29 is 4.74 Å². The third-order valence-electron chi connectivity index (χ3n) is 3.31. The molecule has 3 heteroatoms. The molecule has 1 saturated heterocycles. The van der Waals surface area contributed by atoms with Gasteiger partial charge < -0.3 is 15.8 Å².